The van der Waals surface area contributed by atoms with Crippen molar-refractivity contribution in [3.8, 4) is 5.69 Å². The number of aryl methyl sites for hydroxylation is 1. The molecule has 0 spiro atoms. The van der Waals surface area contributed by atoms with Crippen molar-refractivity contribution in [3.63, 3.8) is 0 Å². The Hall–Kier alpha value is -1.28. The van der Waals surface area contributed by atoms with E-state index in [-0.39, 0.29) is 0 Å². The highest BCUT2D eigenvalue weighted by Crippen LogP contribution is 2.23. The van der Waals surface area contributed by atoms with Gasteiger partial charge in [-0.2, -0.15) is 0 Å². The zero-order chi connectivity index (χ0) is 11.7. The van der Waals surface area contributed by atoms with Crippen LogP contribution in [0.15, 0.2) is 30.5 Å². The molecule has 0 unspecified atom stereocenters. The van der Waals surface area contributed by atoms with E-state index in [1.165, 1.54) is 0 Å². The van der Waals surface area contributed by atoms with Gasteiger partial charge in [-0.05, 0) is 25.0 Å². The SMILES string of the molecule is Cc1nc(C(C)C)cn1-c1ccccc1Cl. The molecule has 0 N–H and O–H groups in total. The Morgan fingerprint density at radius 2 is 1.94 bits per heavy atom. The molecule has 0 fully saturated rings. The Morgan fingerprint density at radius 3 is 2.50 bits per heavy atom. The molecule has 2 aromatic rings. The predicted octanol–water partition coefficient (Wildman–Crippen LogP) is 3.96. The summed E-state index contributed by atoms with van der Waals surface area (Å²) in [5.74, 6) is 1.40. The van der Waals surface area contributed by atoms with Crippen LogP contribution < -0.4 is 0 Å². The molecular formula is C13H15ClN2. The summed E-state index contributed by atoms with van der Waals surface area (Å²) < 4.78 is 2.04. The molecule has 2 rings (SSSR count). The first-order chi connectivity index (χ1) is 7.59. The molecular weight excluding hydrogens is 220 g/mol. The van der Waals surface area contributed by atoms with Crippen LogP contribution in [-0.2, 0) is 0 Å². The number of imidazole rings is 1. The minimum atomic E-state index is 0.433. The van der Waals surface area contributed by atoms with Gasteiger partial charge in [0.15, 0.2) is 0 Å². The van der Waals surface area contributed by atoms with Crippen LogP contribution in [0.2, 0.25) is 5.02 Å². The molecule has 1 aromatic carbocycles. The molecule has 0 atom stereocenters. The van der Waals surface area contributed by atoms with E-state index >= 15 is 0 Å². The molecule has 1 heterocycles. The van der Waals surface area contributed by atoms with Gasteiger partial charge in [-0.25, -0.2) is 4.98 Å². The summed E-state index contributed by atoms with van der Waals surface area (Å²) in [5, 5.41) is 0.748. The van der Waals surface area contributed by atoms with E-state index in [4.69, 9.17) is 11.6 Å². The quantitative estimate of drug-likeness (QED) is 0.769. The van der Waals surface area contributed by atoms with Crippen molar-refractivity contribution >= 4 is 11.6 Å². The van der Waals surface area contributed by atoms with Gasteiger partial charge in [-0.3, -0.25) is 0 Å². The molecule has 84 valence electrons. The summed E-state index contributed by atoms with van der Waals surface area (Å²) in [7, 11) is 0. The topological polar surface area (TPSA) is 17.8 Å². The number of benzene rings is 1. The van der Waals surface area contributed by atoms with Crippen LogP contribution in [0, 0.1) is 6.92 Å². The van der Waals surface area contributed by atoms with Crippen LogP contribution in [0.5, 0.6) is 0 Å². The maximum atomic E-state index is 6.17. The first-order valence-electron chi connectivity index (χ1n) is 5.40. The van der Waals surface area contributed by atoms with Crippen molar-refractivity contribution < 1.29 is 0 Å². The Kier molecular flexibility index (Phi) is 3.01. The number of rotatable bonds is 2. The van der Waals surface area contributed by atoms with E-state index in [9.17, 15) is 0 Å². The molecule has 0 amide bonds. The van der Waals surface area contributed by atoms with E-state index in [1.54, 1.807) is 0 Å². The van der Waals surface area contributed by atoms with Gasteiger partial charge in [0.05, 0.1) is 16.4 Å². The lowest BCUT2D eigenvalue weighted by atomic mass is 10.2. The molecule has 0 saturated heterocycles. The second-order valence-corrected chi connectivity index (χ2v) is 4.60. The van der Waals surface area contributed by atoms with Crippen LogP contribution in [-0.4, -0.2) is 9.55 Å². The zero-order valence-electron chi connectivity index (χ0n) is 9.74. The van der Waals surface area contributed by atoms with Crippen molar-refractivity contribution in [2.45, 2.75) is 26.7 Å². The van der Waals surface area contributed by atoms with Gasteiger partial charge in [0.2, 0.25) is 0 Å². The molecule has 0 aliphatic heterocycles. The molecule has 3 heteroatoms. The highest BCUT2D eigenvalue weighted by atomic mass is 35.5. The number of halogens is 1. The van der Waals surface area contributed by atoms with Gasteiger partial charge in [0.25, 0.3) is 0 Å². The van der Waals surface area contributed by atoms with E-state index in [0.29, 0.717) is 5.92 Å². The Balaban J connectivity index is 2.52. The van der Waals surface area contributed by atoms with Crippen LogP contribution >= 0.6 is 11.6 Å². The van der Waals surface area contributed by atoms with Crippen LogP contribution in [0.4, 0.5) is 0 Å². The summed E-state index contributed by atoms with van der Waals surface area (Å²) in [5.41, 5.74) is 2.08. The largest absolute Gasteiger partial charge is 0.302 e. The smallest absolute Gasteiger partial charge is 0.110 e. The minimum Gasteiger partial charge on any atom is -0.302 e. The van der Waals surface area contributed by atoms with Gasteiger partial charge < -0.3 is 4.57 Å². The lowest BCUT2D eigenvalue weighted by Crippen LogP contribution is -1.95. The fraction of sp³-hybridized carbons (Fsp3) is 0.308. The van der Waals surface area contributed by atoms with E-state index in [1.807, 2.05) is 35.8 Å². The monoisotopic (exact) mass is 234 g/mol. The average molecular weight is 235 g/mol. The van der Waals surface area contributed by atoms with E-state index < -0.39 is 0 Å². The summed E-state index contributed by atoms with van der Waals surface area (Å²) in [6.45, 7) is 6.27. The summed E-state index contributed by atoms with van der Waals surface area (Å²) in [6, 6.07) is 7.81. The molecule has 2 nitrogen and oxygen atoms in total. The van der Waals surface area contributed by atoms with Gasteiger partial charge in [-0.15, -0.1) is 0 Å². The fourth-order valence-electron chi connectivity index (χ4n) is 1.66. The third-order valence-electron chi connectivity index (χ3n) is 2.60. The Bertz CT molecular complexity index is 500. The second-order valence-electron chi connectivity index (χ2n) is 4.19. The Labute approximate surface area is 101 Å². The second kappa shape index (κ2) is 4.30. The number of nitrogens with zero attached hydrogens (tertiary/aromatic N) is 2. The fourth-order valence-corrected chi connectivity index (χ4v) is 1.89. The van der Waals surface area contributed by atoms with Gasteiger partial charge in [-0.1, -0.05) is 37.6 Å². The first-order valence-corrected chi connectivity index (χ1v) is 5.78. The van der Waals surface area contributed by atoms with Gasteiger partial charge in [0, 0.05) is 6.20 Å². The minimum absolute atomic E-state index is 0.433. The number of para-hydroxylation sites is 1. The number of aromatic nitrogens is 2. The van der Waals surface area contributed by atoms with E-state index in [0.717, 1.165) is 22.2 Å². The van der Waals surface area contributed by atoms with Crippen molar-refractivity contribution in [1.82, 2.24) is 9.55 Å². The normalized spacial score (nSPS) is 11.1. The molecule has 0 saturated carbocycles. The third-order valence-corrected chi connectivity index (χ3v) is 2.92. The van der Waals surface area contributed by atoms with Gasteiger partial charge >= 0.3 is 0 Å². The van der Waals surface area contributed by atoms with Crippen molar-refractivity contribution in [2.75, 3.05) is 0 Å². The molecule has 1 aromatic heterocycles. The molecule has 0 aliphatic carbocycles. The molecule has 16 heavy (non-hydrogen) atoms. The highest BCUT2D eigenvalue weighted by molar-refractivity contribution is 6.32. The Morgan fingerprint density at radius 1 is 1.25 bits per heavy atom. The lowest BCUT2D eigenvalue weighted by Gasteiger charge is -2.06. The van der Waals surface area contributed by atoms with E-state index in [2.05, 4.69) is 25.0 Å². The zero-order valence-corrected chi connectivity index (χ0v) is 10.5. The first kappa shape index (κ1) is 11.2. The van der Waals surface area contributed by atoms with Crippen molar-refractivity contribution in [1.29, 1.82) is 0 Å². The lowest BCUT2D eigenvalue weighted by molar-refractivity contribution is 0.828. The summed E-state index contributed by atoms with van der Waals surface area (Å²) >= 11 is 6.17. The highest BCUT2D eigenvalue weighted by Gasteiger charge is 2.10. The van der Waals surface area contributed by atoms with Crippen LogP contribution in [0.1, 0.15) is 31.3 Å². The van der Waals surface area contributed by atoms with Crippen LogP contribution in [0.3, 0.4) is 0 Å². The molecule has 0 bridgehead atoms. The predicted molar refractivity (Wildman–Crippen MR) is 67.4 cm³/mol. The standard InChI is InChI=1S/C13H15ClN2/c1-9(2)12-8-16(10(3)15-12)13-7-5-4-6-11(13)14/h4-9H,1-3H3. The van der Waals surface area contributed by atoms with Crippen LogP contribution in [0.25, 0.3) is 5.69 Å². The average Bonchev–Trinajstić information content (AvgIpc) is 2.61. The maximum absolute atomic E-state index is 6.17. The van der Waals surface area contributed by atoms with Crippen molar-refractivity contribution in [3.05, 3.63) is 47.0 Å². The van der Waals surface area contributed by atoms with Crippen molar-refractivity contribution in [2.24, 2.45) is 0 Å². The molecule has 0 aliphatic rings. The number of hydrogen-bond donors (Lipinski definition) is 0. The molecule has 0 radical (unpaired) electrons. The third kappa shape index (κ3) is 1.98. The van der Waals surface area contributed by atoms with Gasteiger partial charge in [0.1, 0.15) is 5.82 Å². The number of hydrogen-bond acceptors (Lipinski definition) is 1. The maximum Gasteiger partial charge on any atom is 0.110 e. The summed E-state index contributed by atoms with van der Waals surface area (Å²) in [4.78, 5) is 4.53. The summed E-state index contributed by atoms with van der Waals surface area (Å²) in [6.07, 6.45) is 2.06.